The Balaban J connectivity index is 2.71. The Morgan fingerprint density at radius 3 is 2.78 bits per heavy atom. The normalized spacial score (nSPS) is 10.1. The van der Waals surface area contributed by atoms with Crippen LogP contribution in [0.25, 0.3) is 5.69 Å². The average molecular weight is 246 g/mol. The number of methoxy groups -OCH3 is 1. The van der Waals surface area contributed by atoms with E-state index in [0.29, 0.717) is 17.7 Å². The van der Waals surface area contributed by atoms with E-state index in [9.17, 15) is 14.7 Å². The summed E-state index contributed by atoms with van der Waals surface area (Å²) in [7, 11) is 1.46. The minimum absolute atomic E-state index is 0.208. The molecular formula is C12H10N2O4. The lowest BCUT2D eigenvalue weighted by Gasteiger charge is -2.09. The summed E-state index contributed by atoms with van der Waals surface area (Å²) in [6.45, 7) is 0. The number of hydrogen-bond donors (Lipinski definition) is 1. The highest BCUT2D eigenvalue weighted by Gasteiger charge is 2.11. The third-order valence-corrected chi connectivity index (χ3v) is 2.36. The number of nitrogens with zero attached hydrogens (tertiary/aromatic N) is 2. The van der Waals surface area contributed by atoms with Crippen LogP contribution in [0.5, 0.6) is 11.5 Å². The average Bonchev–Trinajstić information content (AvgIpc) is 2.39. The van der Waals surface area contributed by atoms with Gasteiger partial charge in [0.2, 0.25) is 0 Å². The molecule has 0 aliphatic heterocycles. The molecule has 0 radical (unpaired) electrons. The van der Waals surface area contributed by atoms with Gasteiger partial charge >= 0.3 is 0 Å². The molecule has 1 heterocycles. The second-order valence-electron chi connectivity index (χ2n) is 3.45. The number of carbonyl (C=O) groups is 1. The molecule has 1 aromatic heterocycles. The highest BCUT2D eigenvalue weighted by atomic mass is 16.5. The summed E-state index contributed by atoms with van der Waals surface area (Å²) in [6.07, 6.45) is 0.376. The lowest BCUT2D eigenvalue weighted by atomic mass is 10.3. The van der Waals surface area contributed by atoms with Crippen molar-refractivity contribution in [2.75, 3.05) is 7.11 Å². The molecule has 0 saturated carbocycles. The number of carbonyl (C=O) groups excluding carboxylic acids is 1. The van der Waals surface area contributed by atoms with Gasteiger partial charge in [0.15, 0.2) is 17.7 Å². The summed E-state index contributed by atoms with van der Waals surface area (Å²) in [5.41, 5.74) is -0.365. The Morgan fingerprint density at radius 2 is 2.11 bits per heavy atom. The number of aromatic nitrogens is 2. The lowest BCUT2D eigenvalue weighted by molar-refractivity contribution is 0.111. The zero-order valence-electron chi connectivity index (χ0n) is 9.53. The zero-order chi connectivity index (χ0) is 13.1. The van der Waals surface area contributed by atoms with E-state index in [1.807, 2.05) is 0 Å². The molecule has 2 aromatic rings. The fourth-order valence-electron chi connectivity index (χ4n) is 1.52. The summed E-state index contributed by atoms with van der Waals surface area (Å²) < 4.78 is 6.11. The van der Waals surface area contributed by atoms with E-state index < -0.39 is 11.3 Å². The van der Waals surface area contributed by atoms with Gasteiger partial charge in [-0.2, -0.15) is 9.78 Å². The summed E-state index contributed by atoms with van der Waals surface area (Å²) in [5.74, 6) is -0.00390. The van der Waals surface area contributed by atoms with Crippen molar-refractivity contribution in [3.63, 3.8) is 0 Å². The van der Waals surface area contributed by atoms with E-state index in [4.69, 9.17) is 4.74 Å². The van der Waals surface area contributed by atoms with Gasteiger partial charge in [-0.15, -0.1) is 0 Å². The second kappa shape index (κ2) is 4.70. The van der Waals surface area contributed by atoms with Crippen molar-refractivity contribution < 1.29 is 14.6 Å². The number of benzene rings is 1. The van der Waals surface area contributed by atoms with Gasteiger partial charge in [-0.1, -0.05) is 12.1 Å². The monoisotopic (exact) mass is 246 g/mol. The number of aldehydes is 1. The summed E-state index contributed by atoms with van der Waals surface area (Å²) in [5, 5.41) is 13.1. The number of aromatic hydroxyl groups is 1. The van der Waals surface area contributed by atoms with Crippen LogP contribution in [0.15, 0.2) is 35.1 Å². The summed E-state index contributed by atoms with van der Waals surface area (Å²) >= 11 is 0. The maximum atomic E-state index is 11.7. The Kier molecular flexibility index (Phi) is 3.09. The van der Waals surface area contributed by atoms with Gasteiger partial charge in [0.05, 0.1) is 7.11 Å². The first-order valence-corrected chi connectivity index (χ1v) is 5.09. The van der Waals surface area contributed by atoms with Crippen LogP contribution < -0.4 is 10.3 Å². The first-order chi connectivity index (χ1) is 8.67. The summed E-state index contributed by atoms with van der Waals surface area (Å²) in [4.78, 5) is 22.5. The van der Waals surface area contributed by atoms with E-state index in [1.54, 1.807) is 24.3 Å². The van der Waals surface area contributed by atoms with Gasteiger partial charge in [0, 0.05) is 6.07 Å². The molecule has 0 fully saturated rings. The predicted molar refractivity (Wildman–Crippen MR) is 63.4 cm³/mol. The molecule has 0 amide bonds. The minimum atomic E-state index is -0.553. The molecule has 0 atom stereocenters. The van der Waals surface area contributed by atoms with Crippen LogP contribution in [0.2, 0.25) is 0 Å². The van der Waals surface area contributed by atoms with Crippen molar-refractivity contribution in [2.24, 2.45) is 0 Å². The molecule has 0 spiro atoms. The van der Waals surface area contributed by atoms with Crippen molar-refractivity contribution in [3.8, 4) is 17.2 Å². The second-order valence-corrected chi connectivity index (χ2v) is 3.45. The standard InChI is InChI=1S/C12H10N2O4/c1-18-11-5-3-2-4-9(11)14-12(17)6-10(16)8(7-15)13-14/h2-7,16H,1H3. The summed E-state index contributed by atoms with van der Waals surface area (Å²) in [6, 6.07) is 7.67. The number of rotatable bonds is 3. The van der Waals surface area contributed by atoms with Crippen molar-refractivity contribution in [3.05, 3.63) is 46.4 Å². The number of ether oxygens (including phenoxy) is 1. The Labute approximate surface area is 102 Å². The molecule has 92 valence electrons. The maximum absolute atomic E-state index is 11.7. The van der Waals surface area contributed by atoms with Gasteiger partial charge in [-0.3, -0.25) is 9.59 Å². The van der Waals surface area contributed by atoms with E-state index in [2.05, 4.69) is 5.10 Å². The lowest BCUT2D eigenvalue weighted by Crippen LogP contribution is -2.22. The maximum Gasteiger partial charge on any atom is 0.275 e. The fourth-order valence-corrected chi connectivity index (χ4v) is 1.52. The molecule has 18 heavy (non-hydrogen) atoms. The third kappa shape index (κ3) is 1.95. The molecule has 0 saturated heterocycles. The smallest absolute Gasteiger partial charge is 0.275 e. The molecule has 0 aliphatic rings. The van der Waals surface area contributed by atoms with Crippen molar-refractivity contribution >= 4 is 6.29 Å². The molecule has 0 unspecified atom stereocenters. The highest BCUT2D eigenvalue weighted by molar-refractivity contribution is 5.75. The van der Waals surface area contributed by atoms with Gasteiger partial charge in [0.25, 0.3) is 5.56 Å². The van der Waals surface area contributed by atoms with Gasteiger partial charge < -0.3 is 9.84 Å². The predicted octanol–water partition coefficient (Wildman–Crippen LogP) is 0.759. The molecular weight excluding hydrogens is 236 g/mol. The van der Waals surface area contributed by atoms with Crippen LogP contribution in [-0.2, 0) is 0 Å². The van der Waals surface area contributed by atoms with E-state index in [0.717, 1.165) is 10.7 Å². The highest BCUT2D eigenvalue weighted by Crippen LogP contribution is 2.20. The van der Waals surface area contributed by atoms with Crippen LogP contribution in [-0.4, -0.2) is 28.3 Å². The topological polar surface area (TPSA) is 81.4 Å². The van der Waals surface area contributed by atoms with E-state index >= 15 is 0 Å². The van der Waals surface area contributed by atoms with Gasteiger partial charge in [0.1, 0.15) is 11.4 Å². The SMILES string of the molecule is COc1ccccc1-n1nc(C=O)c(O)cc1=O. The fraction of sp³-hybridized carbons (Fsp3) is 0.0833. The number of hydrogen-bond acceptors (Lipinski definition) is 5. The largest absolute Gasteiger partial charge is 0.505 e. The molecule has 6 nitrogen and oxygen atoms in total. The van der Waals surface area contributed by atoms with E-state index in [-0.39, 0.29) is 5.69 Å². The van der Waals surface area contributed by atoms with Crippen molar-refractivity contribution in [2.45, 2.75) is 0 Å². The van der Waals surface area contributed by atoms with Gasteiger partial charge in [-0.05, 0) is 12.1 Å². The Hall–Kier alpha value is -2.63. The van der Waals surface area contributed by atoms with Crippen LogP contribution >= 0.6 is 0 Å². The molecule has 1 aromatic carbocycles. The molecule has 1 N–H and O–H groups in total. The van der Waals surface area contributed by atoms with Crippen LogP contribution in [0.3, 0.4) is 0 Å². The first-order valence-electron chi connectivity index (χ1n) is 5.09. The third-order valence-electron chi connectivity index (χ3n) is 2.36. The molecule has 6 heteroatoms. The first kappa shape index (κ1) is 11.8. The minimum Gasteiger partial charge on any atom is -0.505 e. The van der Waals surface area contributed by atoms with Crippen LogP contribution in [0.4, 0.5) is 0 Å². The molecule has 2 rings (SSSR count). The van der Waals surface area contributed by atoms with Crippen molar-refractivity contribution in [1.29, 1.82) is 0 Å². The Bertz CT molecular complexity index is 649. The van der Waals surface area contributed by atoms with E-state index in [1.165, 1.54) is 7.11 Å². The quantitative estimate of drug-likeness (QED) is 0.808. The molecule has 0 aliphatic carbocycles. The van der Waals surface area contributed by atoms with Crippen molar-refractivity contribution in [1.82, 2.24) is 9.78 Å². The van der Waals surface area contributed by atoms with Crippen LogP contribution in [0.1, 0.15) is 10.5 Å². The molecule has 0 bridgehead atoms. The van der Waals surface area contributed by atoms with Gasteiger partial charge in [-0.25, -0.2) is 0 Å². The number of para-hydroxylation sites is 2. The zero-order valence-corrected chi connectivity index (χ0v) is 9.53. The van der Waals surface area contributed by atoms with Crippen LogP contribution in [0, 0.1) is 0 Å². The Morgan fingerprint density at radius 1 is 1.39 bits per heavy atom.